The van der Waals surface area contributed by atoms with Gasteiger partial charge in [-0.3, -0.25) is 8.42 Å². The van der Waals surface area contributed by atoms with E-state index in [0.29, 0.717) is 0 Å². The number of hydrogen-bond acceptors (Lipinski definition) is 4. The molecule has 0 rings (SSSR count). The summed E-state index contributed by atoms with van der Waals surface area (Å²) in [7, 11) is -5.17. The van der Waals surface area contributed by atoms with E-state index in [2.05, 4.69) is 0 Å². The first kappa shape index (κ1) is 57.1. The van der Waals surface area contributed by atoms with Crippen molar-refractivity contribution < 1.29 is 142 Å². The molecule has 0 radical (unpaired) electrons. The van der Waals surface area contributed by atoms with Crippen molar-refractivity contribution in [1.82, 2.24) is 0 Å². The summed E-state index contributed by atoms with van der Waals surface area (Å²) in [5.41, 5.74) is 0. The summed E-state index contributed by atoms with van der Waals surface area (Å²) in [6.07, 6.45) is 0. The van der Waals surface area contributed by atoms with E-state index >= 15 is 0 Å². The molecule has 64 valence electrons. The van der Waals surface area contributed by atoms with Crippen molar-refractivity contribution in [3.05, 3.63) is 0 Å². The van der Waals surface area contributed by atoms with Crippen molar-refractivity contribution in [2.45, 2.75) is 0 Å². The Labute approximate surface area is 171 Å². The molecule has 0 heterocycles. The Hall–Kier alpha value is 3.75. The molecule has 0 aromatic heterocycles. The zero-order valence-electron chi connectivity index (χ0n) is 6.75. The molecule has 0 fully saturated rings. The van der Waals surface area contributed by atoms with Gasteiger partial charge in [0.15, 0.2) is 0 Å². The van der Waals surface area contributed by atoms with Crippen molar-refractivity contribution in [3.63, 3.8) is 0 Å². The first-order valence-corrected chi connectivity index (χ1v) is 2.00. The molecular weight excluding hydrogens is 263 g/mol. The number of hydrogen-bond donors (Lipinski definition) is 0. The Balaban J connectivity index is -0.00000000381. The van der Waals surface area contributed by atoms with Gasteiger partial charge >= 0.3 is 126 Å². The van der Waals surface area contributed by atoms with E-state index < -0.39 is 10.4 Å². The summed E-state index contributed by atoms with van der Waals surface area (Å²) in [5, 5.41) is 0. The van der Waals surface area contributed by atoms with Crippen LogP contribution in [-0.4, -0.2) is 62.5 Å². The van der Waals surface area contributed by atoms with Crippen LogP contribution in [-0.2, 0) is 10.4 Å². The maximum Gasteiger partial charge on any atom is 2.00 e. The Morgan fingerprint density at radius 1 is 0.750 bits per heavy atom. The largest absolute Gasteiger partial charge is 2.00 e. The quantitative estimate of drug-likeness (QED) is 0.238. The van der Waals surface area contributed by atoms with Crippen LogP contribution in [0.5, 0.6) is 0 Å². The summed E-state index contributed by atoms with van der Waals surface area (Å²) < 4.78 is 34.1. The predicted molar refractivity (Wildman–Crippen MR) is 30.7 cm³/mol. The second-order valence-corrected chi connectivity index (χ2v) is 1.22. The van der Waals surface area contributed by atoms with Crippen molar-refractivity contribution in [1.29, 1.82) is 0 Å². The molecule has 0 unspecified atom stereocenters. The average molecular weight is 271 g/mol. The number of rotatable bonds is 0. The minimum atomic E-state index is -5.17. The molecule has 8 nitrogen and oxygen atoms in total. The van der Waals surface area contributed by atoms with Gasteiger partial charge in [0.1, 0.15) is 0 Å². The van der Waals surface area contributed by atoms with E-state index in [0.717, 1.165) is 0 Å². The zero-order chi connectivity index (χ0) is 4.50. The molecule has 0 aliphatic carbocycles. The fraction of sp³-hybridized carbons (Fsp3) is 0. The molecule has 0 saturated heterocycles. The Kier molecular flexibility index (Phi) is 139. The van der Waals surface area contributed by atoms with Crippen LogP contribution >= 0.6 is 0 Å². The van der Waals surface area contributed by atoms with Gasteiger partial charge in [0.2, 0.25) is 0 Å². The van der Waals surface area contributed by atoms with Gasteiger partial charge in [0, 0.05) is 10.4 Å². The van der Waals surface area contributed by atoms with Crippen molar-refractivity contribution in [3.8, 4) is 0 Å². The van der Waals surface area contributed by atoms with Crippen LogP contribution in [0, 0.1) is 0 Å². The summed E-state index contributed by atoms with van der Waals surface area (Å²) >= 11 is 0. The maximum atomic E-state index is 8.52. The molecule has 8 N–H and O–H groups in total. The third-order valence-corrected chi connectivity index (χ3v) is 0. The molecular formula is H8K2MgO8S+2. The maximum absolute atomic E-state index is 8.52. The SMILES string of the molecule is O.O.O.O.O=S(=O)([O-])[O-].[K+].[K+].[Mg+2]. The van der Waals surface area contributed by atoms with Gasteiger partial charge < -0.3 is 31.0 Å². The van der Waals surface area contributed by atoms with Crippen molar-refractivity contribution in [2.75, 3.05) is 0 Å². The molecule has 0 atom stereocenters. The Morgan fingerprint density at radius 2 is 0.750 bits per heavy atom. The standard InChI is InChI=1S/2K.Mg.H2O4S.4H2O/c;;;1-5(2,3)4;;;;/h;;;(H2,1,2,3,4);4*1H2/q2*+1;+2;;;;;/p-2. The van der Waals surface area contributed by atoms with Crippen LogP contribution in [0.15, 0.2) is 0 Å². The van der Waals surface area contributed by atoms with E-state index in [-0.39, 0.29) is 148 Å². The van der Waals surface area contributed by atoms with Crippen LogP contribution in [0.3, 0.4) is 0 Å². The van der Waals surface area contributed by atoms with Crippen LogP contribution in [0.1, 0.15) is 0 Å². The molecule has 0 bridgehead atoms. The van der Waals surface area contributed by atoms with Crippen molar-refractivity contribution in [2.24, 2.45) is 0 Å². The first-order valence-electron chi connectivity index (χ1n) is 0.667. The van der Waals surface area contributed by atoms with Gasteiger partial charge in [-0.25, -0.2) is 0 Å². The molecule has 0 saturated carbocycles. The fourth-order valence-electron chi connectivity index (χ4n) is 0. The van der Waals surface area contributed by atoms with Gasteiger partial charge in [-0.05, 0) is 0 Å². The van der Waals surface area contributed by atoms with Crippen LogP contribution in [0.4, 0.5) is 0 Å². The van der Waals surface area contributed by atoms with Gasteiger partial charge in [-0.2, -0.15) is 0 Å². The normalized spacial score (nSPS) is 4.83. The third kappa shape index (κ3) is 159. The topological polar surface area (TPSA) is 206 Å². The molecule has 0 aromatic rings. The molecule has 0 aromatic carbocycles. The van der Waals surface area contributed by atoms with E-state index in [1.54, 1.807) is 0 Å². The molecule has 0 aliphatic rings. The smallest absolute Gasteiger partial charge is 0.759 e. The second kappa shape index (κ2) is 29.3. The molecule has 0 aliphatic heterocycles. The first-order chi connectivity index (χ1) is 2.00. The zero-order valence-corrected chi connectivity index (χ0v) is 15.2. The Morgan fingerprint density at radius 3 is 0.750 bits per heavy atom. The molecule has 12 heavy (non-hydrogen) atoms. The molecule has 0 spiro atoms. The predicted octanol–water partition coefficient (Wildman–Crippen LogP) is -11.0. The summed E-state index contributed by atoms with van der Waals surface area (Å²) in [4.78, 5) is 0. The second-order valence-electron chi connectivity index (χ2n) is 0.408. The summed E-state index contributed by atoms with van der Waals surface area (Å²) in [6.45, 7) is 0. The van der Waals surface area contributed by atoms with Crippen LogP contribution < -0.4 is 103 Å². The van der Waals surface area contributed by atoms with Gasteiger partial charge in [-0.1, -0.05) is 0 Å². The average Bonchev–Trinajstić information content (AvgIpc) is 0.722. The van der Waals surface area contributed by atoms with Gasteiger partial charge in [-0.15, -0.1) is 0 Å². The van der Waals surface area contributed by atoms with E-state index in [1.807, 2.05) is 0 Å². The fourth-order valence-corrected chi connectivity index (χ4v) is 0. The minimum absolute atomic E-state index is 0. The summed E-state index contributed by atoms with van der Waals surface area (Å²) in [5.74, 6) is 0. The minimum Gasteiger partial charge on any atom is -0.759 e. The molecule has 12 heteroatoms. The Bertz CT molecular complexity index is 100. The van der Waals surface area contributed by atoms with E-state index in [1.165, 1.54) is 0 Å². The van der Waals surface area contributed by atoms with Gasteiger partial charge in [0.25, 0.3) is 0 Å². The van der Waals surface area contributed by atoms with Gasteiger partial charge in [0.05, 0.1) is 0 Å². The van der Waals surface area contributed by atoms with Crippen LogP contribution in [0.25, 0.3) is 0 Å². The van der Waals surface area contributed by atoms with Crippen molar-refractivity contribution >= 4 is 33.5 Å². The van der Waals surface area contributed by atoms with Crippen LogP contribution in [0.2, 0.25) is 0 Å². The van der Waals surface area contributed by atoms with E-state index in [9.17, 15) is 0 Å². The summed E-state index contributed by atoms with van der Waals surface area (Å²) in [6, 6.07) is 0. The monoisotopic (exact) mass is 270 g/mol. The molecule has 0 amide bonds. The van der Waals surface area contributed by atoms with E-state index in [4.69, 9.17) is 17.5 Å². The third-order valence-electron chi connectivity index (χ3n) is 0.